The fraction of sp³-hybridized carbons (Fsp3) is 0.0667. The number of azide groups is 1. The van der Waals surface area contributed by atoms with E-state index in [1.807, 2.05) is 6.07 Å². The second-order valence-corrected chi connectivity index (χ2v) is 4.96. The Morgan fingerprint density at radius 1 is 1.32 bits per heavy atom. The number of hydrogen-bond acceptors (Lipinski definition) is 3. The van der Waals surface area contributed by atoms with Crippen molar-refractivity contribution in [3.63, 3.8) is 0 Å². The van der Waals surface area contributed by atoms with Crippen LogP contribution in [0, 0.1) is 0 Å². The molecule has 0 atom stereocenters. The number of ketones is 1. The van der Waals surface area contributed by atoms with Crippen LogP contribution in [-0.4, -0.2) is 15.2 Å². The van der Waals surface area contributed by atoms with Crippen LogP contribution in [-0.2, 0) is 6.54 Å². The van der Waals surface area contributed by atoms with E-state index < -0.39 is 0 Å². The maximum atomic E-state index is 12.5. The highest BCUT2D eigenvalue weighted by Crippen LogP contribution is 2.22. The number of benzene rings is 1. The third-order valence-electron chi connectivity index (χ3n) is 3.20. The first kappa shape index (κ1) is 14.1. The van der Waals surface area contributed by atoms with E-state index in [1.165, 1.54) is 0 Å². The molecule has 0 aliphatic rings. The number of pyridine rings is 1. The van der Waals surface area contributed by atoms with Gasteiger partial charge in [-0.05, 0) is 23.2 Å². The quantitative estimate of drug-likeness (QED) is 0.315. The Hall–Kier alpha value is -2.82. The number of halogens is 1. The molecule has 0 saturated heterocycles. The Kier molecular flexibility index (Phi) is 3.78. The Morgan fingerprint density at radius 3 is 2.82 bits per heavy atom. The summed E-state index contributed by atoms with van der Waals surface area (Å²) in [6.45, 7) is 0.222. The fourth-order valence-corrected chi connectivity index (χ4v) is 2.41. The molecule has 0 radical (unpaired) electrons. The topological polar surface area (TPSA) is 83.1 Å². The van der Waals surface area contributed by atoms with Crippen LogP contribution >= 0.6 is 11.6 Å². The van der Waals surface area contributed by atoms with Crippen LogP contribution in [0.3, 0.4) is 0 Å². The first-order valence-corrected chi connectivity index (χ1v) is 6.85. The standard InChI is InChI=1S/C15H10ClN5O/c16-15-13(14(22)11-4-2-1-3-5-11)19-12-8-10(9-18-20-17)6-7-21(12)15/h1-8H,9H2. The van der Waals surface area contributed by atoms with Crippen molar-refractivity contribution in [2.75, 3.05) is 0 Å². The van der Waals surface area contributed by atoms with Gasteiger partial charge in [0.2, 0.25) is 5.78 Å². The number of imidazole rings is 1. The fourth-order valence-electron chi connectivity index (χ4n) is 2.14. The Morgan fingerprint density at radius 2 is 2.09 bits per heavy atom. The molecule has 22 heavy (non-hydrogen) atoms. The largest absolute Gasteiger partial charge is 0.290 e. The average Bonchev–Trinajstić information content (AvgIpc) is 2.89. The molecule has 108 valence electrons. The summed E-state index contributed by atoms with van der Waals surface area (Å²) in [4.78, 5) is 19.5. The molecule has 3 rings (SSSR count). The summed E-state index contributed by atoms with van der Waals surface area (Å²) >= 11 is 6.26. The number of nitrogens with zero attached hydrogens (tertiary/aromatic N) is 5. The van der Waals surface area contributed by atoms with Crippen molar-refractivity contribution >= 4 is 23.0 Å². The maximum Gasteiger partial charge on any atom is 0.214 e. The van der Waals surface area contributed by atoms with E-state index in [-0.39, 0.29) is 23.2 Å². The van der Waals surface area contributed by atoms with Gasteiger partial charge in [-0.3, -0.25) is 9.20 Å². The molecular weight excluding hydrogens is 302 g/mol. The van der Waals surface area contributed by atoms with Gasteiger partial charge < -0.3 is 0 Å². The van der Waals surface area contributed by atoms with Gasteiger partial charge in [-0.15, -0.1) is 0 Å². The van der Waals surface area contributed by atoms with Crippen molar-refractivity contribution in [2.24, 2.45) is 5.11 Å². The van der Waals surface area contributed by atoms with Gasteiger partial charge in [0.05, 0.1) is 6.54 Å². The first-order valence-electron chi connectivity index (χ1n) is 6.48. The third kappa shape index (κ3) is 2.53. The summed E-state index contributed by atoms with van der Waals surface area (Å²) in [7, 11) is 0. The van der Waals surface area contributed by atoms with E-state index >= 15 is 0 Å². The number of aromatic nitrogens is 2. The number of carbonyl (C=O) groups excluding carboxylic acids is 1. The minimum atomic E-state index is -0.231. The second kappa shape index (κ2) is 5.89. The molecule has 0 aliphatic carbocycles. The predicted molar refractivity (Wildman–Crippen MR) is 82.9 cm³/mol. The zero-order chi connectivity index (χ0) is 15.5. The van der Waals surface area contributed by atoms with Crippen molar-refractivity contribution in [1.29, 1.82) is 0 Å². The number of rotatable bonds is 4. The van der Waals surface area contributed by atoms with Gasteiger partial charge in [-0.2, -0.15) is 0 Å². The molecule has 1 aromatic carbocycles. The molecule has 0 N–H and O–H groups in total. The van der Waals surface area contributed by atoms with E-state index in [0.29, 0.717) is 11.2 Å². The van der Waals surface area contributed by atoms with Gasteiger partial charge in [0.1, 0.15) is 16.5 Å². The second-order valence-electron chi connectivity index (χ2n) is 4.60. The lowest BCUT2D eigenvalue weighted by Gasteiger charge is -1.98. The minimum absolute atomic E-state index is 0.203. The van der Waals surface area contributed by atoms with Gasteiger partial charge in [0.15, 0.2) is 0 Å². The van der Waals surface area contributed by atoms with Crippen molar-refractivity contribution in [2.45, 2.75) is 6.54 Å². The van der Waals surface area contributed by atoms with Crippen LogP contribution in [0.1, 0.15) is 21.6 Å². The zero-order valence-corrected chi connectivity index (χ0v) is 12.1. The molecule has 3 aromatic rings. The number of fused-ring (bicyclic) bond motifs is 1. The molecule has 0 bridgehead atoms. The molecule has 0 unspecified atom stereocenters. The Bertz CT molecular complexity index is 897. The average molecular weight is 312 g/mol. The molecule has 0 spiro atoms. The molecule has 2 heterocycles. The normalized spacial score (nSPS) is 10.4. The molecule has 0 fully saturated rings. The SMILES string of the molecule is [N-]=[N+]=NCc1ccn2c(Cl)c(C(=O)c3ccccc3)nc2c1. The molecule has 0 amide bonds. The van der Waals surface area contributed by atoms with Crippen molar-refractivity contribution in [3.8, 4) is 0 Å². The van der Waals surface area contributed by atoms with Crippen LogP contribution in [0.2, 0.25) is 5.15 Å². The summed E-state index contributed by atoms with van der Waals surface area (Å²) in [5.41, 5.74) is 10.4. The van der Waals surface area contributed by atoms with E-state index in [2.05, 4.69) is 15.0 Å². The molecule has 7 heteroatoms. The van der Waals surface area contributed by atoms with E-state index in [1.54, 1.807) is 47.0 Å². The van der Waals surface area contributed by atoms with E-state index in [9.17, 15) is 4.79 Å². The van der Waals surface area contributed by atoms with Crippen LogP contribution < -0.4 is 0 Å². The minimum Gasteiger partial charge on any atom is -0.290 e. The smallest absolute Gasteiger partial charge is 0.214 e. The van der Waals surface area contributed by atoms with Gasteiger partial charge in [-0.25, -0.2) is 4.98 Å². The lowest BCUT2D eigenvalue weighted by atomic mass is 10.1. The maximum absolute atomic E-state index is 12.5. The van der Waals surface area contributed by atoms with Crippen molar-refractivity contribution in [1.82, 2.24) is 9.38 Å². The summed E-state index contributed by atoms with van der Waals surface area (Å²) in [5, 5.41) is 3.77. The molecule has 2 aromatic heterocycles. The summed E-state index contributed by atoms with van der Waals surface area (Å²) in [6, 6.07) is 12.4. The molecule has 6 nitrogen and oxygen atoms in total. The summed E-state index contributed by atoms with van der Waals surface area (Å²) in [5.74, 6) is -0.231. The van der Waals surface area contributed by atoms with Crippen LogP contribution in [0.5, 0.6) is 0 Å². The van der Waals surface area contributed by atoms with Gasteiger partial charge >= 0.3 is 0 Å². The highest BCUT2D eigenvalue weighted by molar-refractivity contribution is 6.34. The van der Waals surface area contributed by atoms with Crippen molar-refractivity contribution < 1.29 is 4.79 Å². The molecule has 0 aliphatic heterocycles. The first-order chi connectivity index (χ1) is 10.7. The third-order valence-corrected chi connectivity index (χ3v) is 3.56. The summed E-state index contributed by atoms with van der Waals surface area (Å²) < 4.78 is 1.62. The lowest BCUT2D eigenvalue weighted by molar-refractivity contribution is 0.103. The van der Waals surface area contributed by atoms with Gasteiger partial charge in [0.25, 0.3) is 0 Å². The zero-order valence-electron chi connectivity index (χ0n) is 11.3. The van der Waals surface area contributed by atoms with Crippen LogP contribution in [0.15, 0.2) is 53.8 Å². The van der Waals surface area contributed by atoms with E-state index in [0.717, 1.165) is 5.56 Å². The number of carbonyl (C=O) groups is 1. The van der Waals surface area contributed by atoms with Crippen molar-refractivity contribution in [3.05, 3.63) is 81.1 Å². The highest BCUT2D eigenvalue weighted by Gasteiger charge is 2.19. The highest BCUT2D eigenvalue weighted by atomic mass is 35.5. The van der Waals surface area contributed by atoms with Crippen LogP contribution in [0.25, 0.3) is 16.1 Å². The number of hydrogen-bond donors (Lipinski definition) is 0. The summed E-state index contributed by atoms with van der Waals surface area (Å²) in [6.07, 6.45) is 1.70. The predicted octanol–water partition coefficient (Wildman–Crippen LogP) is 4.03. The van der Waals surface area contributed by atoms with E-state index in [4.69, 9.17) is 17.1 Å². The molecular formula is C15H10ClN5O. The Balaban J connectivity index is 2.06. The lowest BCUT2D eigenvalue weighted by Crippen LogP contribution is -2.02. The van der Waals surface area contributed by atoms with Gasteiger partial charge in [0, 0.05) is 16.7 Å². The Labute approximate surface area is 130 Å². The van der Waals surface area contributed by atoms with Crippen LogP contribution in [0.4, 0.5) is 0 Å². The monoisotopic (exact) mass is 311 g/mol. The van der Waals surface area contributed by atoms with Gasteiger partial charge in [-0.1, -0.05) is 47.0 Å². The molecule has 0 saturated carbocycles.